The van der Waals surface area contributed by atoms with Crippen molar-refractivity contribution < 1.29 is 22.7 Å². The summed E-state index contributed by atoms with van der Waals surface area (Å²) in [7, 11) is -3.83. The van der Waals surface area contributed by atoms with Crippen LogP contribution in [0.2, 0.25) is 0 Å². The van der Waals surface area contributed by atoms with Gasteiger partial charge in [-0.1, -0.05) is 13.8 Å². The van der Waals surface area contributed by atoms with Crippen LogP contribution in [0, 0.1) is 36.4 Å². The summed E-state index contributed by atoms with van der Waals surface area (Å²) in [5.74, 6) is -1.62. The highest BCUT2D eigenvalue weighted by atomic mass is 32.2. The summed E-state index contributed by atoms with van der Waals surface area (Å²) >= 11 is 0. The minimum atomic E-state index is -3.83. The van der Waals surface area contributed by atoms with E-state index in [2.05, 4.69) is 24.9 Å². The van der Waals surface area contributed by atoms with Gasteiger partial charge >= 0.3 is 5.97 Å². The maximum atomic E-state index is 14.3. The molecule has 4 rings (SSSR count). The number of carboxylic acid groups (broad SMARTS) is 1. The van der Waals surface area contributed by atoms with Crippen molar-refractivity contribution in [2.45, 2.75) is 66.3 Å². The van der Waals surface area contributed by atoms with E-state index < -0.39 is 27.9 Å². The van der Waals surface area contributed by atoms with Crippen LogP contribution in [0.4, 0.5) is 10.1 Å². The third-order valence-electron chi connectivity index (χ3n) is 7.43. The first-order valence-corrected chi connectivity index (χ1v) is 13.7. The van der Waals surface area contributed by atoms with E-state index in [1.54, 1.807) is 13.8 Å². The molecule has 0 saturated carbocycles. The topological polar surface area (TPSA) is 111 Å². The number of aliphatic carboxylic acids is 1. The van der Waals surface area contributed by atoms with Crippen molar-refractivity contribution in [3.05, 3.63) is 51.5 Å². The molecule has 1 atom stereocenters. The van der Waals surface area contributed by atoms with Gasteiger partial charge in [-0.15, -0.1) is 0 Å². The molecular formula is C27H30FN3O4S. The first kappa shape index (κ1) is 25.8. The molecule has 1 aromatic carbocycles. The Morgan fingerprint density at radius 3 is 2.56 bits per heavy atom. The number of allylic oxidation sites excluding steroid dienone is 2. The lowest BCUT2D eigenvalue weighted by molar-refractivity contribution is -0.136. The fourth-order valence-corrected chi connectivity index (χ4v) is 7.07. The SMILES string of the molecule is Cc1c(C2=C(C#N)CC(C)(C)CC2)c(CC(=O)O)c(C)c2c1-c1ncc(F)cc1[C@H](C)N2S(C)(=O)=O. The Bertz CT molecular complexity index is 1490. The summed E-state index contributed by atoms with van der Waals surface area (Å²) < 4.78 is 41.6. The van der Waals surface area contributed by atoms with Crippen LogP contribution in [-0.4, -0.2) is 30.7 Å². The Balaban J connectivity index is 2.20. The molecule has 9 heteroatoms. The third-order valence-corrected chi connectivity index (χ3v) is 8.65. The molecule has 1 aliphatic carbocycles. The van der Waals surface area contributed by atoms with Crippen LogP contribution in [0.5, 0.6) is 0 Å². The second-order valence-corrected chi connectivity index (χ2v) is 12.5. The van der Waals surface area contributed by atoms with Crippen LogP contribution in [0.3, 0.4) is 0 Å². The molecule has 0 saturated heterocycles. The Hall–Kier alpha value is -3.25. The van der Waals surface area contributed by atoms with E-state index >= 15 is 0 Å². The van der Waals surface area contributed by atoms with E-state index in [9.17, 15) is 28.0 Å². The highest BCUT2D eigenvalue weighted by Crippen LogP contribution is 2.53. The number of hydrogen-bond donors (Lipinski definition) is 1. The maximum Gasteiger partial charge on any atom is 0.307 e. The molecule has 0 spiro atoms. The summed E-state index contributed by atoms with van der Waals surface area (Å²) in [6.45, 7) is 9.41. The molecule has 36 heavy (non-hydrogen) atoms. The van der Waals surface area contributed by atoms with Crippen LogP contribution in [0.1, 0.15) is 73.9 Å². The van der Waals surface area contributed by atoms with Gasteiger partial charge in [0.1, 0.15) is 5.82 Å². The lowest BCUT2D eigenvalue weighted by atomic mass is 9.71. The van der Waals surface area contributed by atoms with Gasteiger partial charge in [-0.05, 0) is 79.3 Å². The molecule has 0 fully saturated rings. The minimum Gasteiger partial charge on any atom is -0.481 e. The minimum absolute atomic E-state index is 0.0626. The predicted molar refractivity (Wildman–Crippen MR) is 136 cm³/mol. The molecule has 2 heterocycles. The predicted octanol–water partition coefficient (Wildman–Crippen LogP) is 5.46. The molecule has 0 radical (unpaired) electrons. The zero-order valence-corrected chi connectivity index (χ0v) is 22.2. The number of nitrogens with zero attached hydrogens (tertiary/aromatic N) is 3. The normalized spacial score (nSPS) is 18.9. The number of rotatable bonds is 4. The van der Waals surface area contributed by atoms with E-state index in [4.69, 9.17) is 0 Å². The summed E-state index contributed by atoms with van der Waals surface area (Å²) in [5.41, 5.74) is 5.47. The number of pyridine rings is 1. The van der Waals surface area contributed by atoms with E-state index in [1.165, 1.54) is 10.4 Å². The molecule has 1 N–H and O–H groups in total. The molecule has 0 bridgehead atoms. The lowest BCUT2D eigenvalue weighted by Crippen LogP contribution is -2.37. The molecule has 2 aromatic rings. The second-order valence-electron chi connectivity index (χ2n) is 10.6. The standard InChI is InChI=1S/C27H30FN3O4S/c1-14-20(10-22(32)33)23(19-7-8-27(4,5)11-17(19)12-29)15(2)24-25-21(9-18(28)13-30-25)16(3)31(26(14)24)36(6,34)35/h9,13,16H,7-8,10-11H2,1-6H3,(H,32,33)/t16-/m0/s1. The van der Waals surface area contributed by atoms with Crippen molar-refractivity contribution in [1.29, 1.82) is 5.26 Å². The van der Waals surface area contributed by atoms with Crippen molar-refractivity contribution in [2.75, 3.05) is 10.6 Å². The van der Waals surface area contributed by atoms with Crippen LogP contribution in [-0.2, 0) is 21.2 Å². The van der Waals surface area contributed by atoms with E-state index in [-0.39, 0.29) is 11.8 Å². The third kappa shape index (κ3) is 4.17. The zero-order valence-electron chi connectivity index (χ0n) is 21.4. The number of benzene rings is 1. The first-order chi connectivity index (χ1) is 16.7. The summed E-state index contributed by atoms with van der Waals surface area (Å²) in [4.78, 5) is 16.4. The van der Waals surface area contributed by atoms with Gasteiger partial charge in [0.2, 0.25) is 10.0 Å². The summed E-state index contributed by atoms with van der Waals surface area (Å²) in [6.07, 6.45) is 3.85. The van der Waals surface area contributed by atoms with Crippen molar-refractivity contribution >= 4 is 27.3 Å². The Labute approximate surface area is 211 Å². The molecule has 1 aliphatic heterocycles. The van der Waals surface area contributed by atoms with Crippen LogP contribution in [0.25, 0.3) is 16.8 Å². The van der Waals surface area contributed by atoms with Crippen molar-refractivity contribution in [3.63, 3.8) is 0 Å². The van der Waals surface area contributed by atoms with Gasteiger partial charge in [-0.25, -0.2) is 12.8 Å². The molecule has 1 aromatic heterocycles. The van der Waals surface area contributed by atoms with Crippen molar-refractivity contribution in [1.82, 2.24) is 4.98 Å². The quantitative estimate of drug-likeness (QED) is 0.583. The van der Waals surface area contributed by atoms with Gasteiger partial charge in [0.05, 0.1) is 42.4 Å². The van der Waals surface area contributed by atoms with Gasteiger partial charge in [0.25, 0.3) is 0 Å². The highest BCUT2D eigenvalue weighted by molar-refractivity contribution is 7.92. The monoisotopic (exact) mass is 511 g/mol. The second kappa shape index (κ2) is 8.70. The Kier molecular flexibility index (Phi) is 6.24. The molecule has 2 aliphatic rings. The van der Waals surface area contributed by atoms with Crippen LogP contribution in [0.15, 0.2) is 17.8 Å². The van der Waals surface area contributed by atoms with Gasteiger partial charge < -0.3 is 5.11 Å². The summed E-state index contributed by atoms with van der Waals surface area (Å²) in [5, 5.41) is 19.8. The number of aromatic nitrogens is 1. The highest BCUT2D eigenvalue weighted by Gasteiger charge is 2.40. The van der Waals surface area contributed by atoms with Gasteiger partial charge in [0, 0.05) is 16.7 Å². The fraction of sp³-hybridized carbons (Fsp3) is 0.444. The van der Waals surface area contributed by atoms with Crippen LogP contribution < -0.4 is 4.31 Å². The molecule has 7 nitrogen and oxygen atoms in total. The molecule has 0 unspecified atom stereocenters. The number of hydrogen-bond acceptors (Lipinski definition) is 5. The summed E-state index contributed by atoms with van der Waals surface area (Å²) in [6, 6.07) is 2.91. The van der Waals surface area contributed by atoms with Gasteiger partial charge in [0.15, 0.2) is 0 Å². The smallest absolute Gasteiger partial charge is 0.307 e. The number of carboxylic acids is 1. The number of anilines is 1. The average Bonchev–Trinajstić information content (AvgIpc) is 2.76. The van der Waals surface area contributed by atoms with Gasteiger partial charge in [-0.2, -0.15) is 5.26 Å². The maximum absolute atomic E-state index is 14.3. The first-order valence-electron chi connectivity index (χ1n) is 11.8. The van der Waals surface area contributed by atoms with Crippen molar-refractivity contribution in [2.24, 2.45) is 5.41 Å². The van der Waals surface area contributed by atoms with E-state index in [1.807, 2.05) is 6.92 Å². The number of fused-ring (bicyclic) bond motifs is 3. The molecule has 190 valence electrons. The van der Waals surface area contributed by atoms with Crippen molar-refractivity contribution in [3.8, 4) is 17.3 Å². The van der Waals surface area contributed by atoms with Gasteiger partial charge in [-0.3, -0.25) is 14.1 Å². The number of halogens is 1. The number of nitriles is 1. The number of sulfonamides is 1. The number of carbonyl (C=O) groups is 1. The van der Waals surface area contributed by atoms with E-state index in [0.29, 0.717) is 63.2 Å². The molecular weight excluding hydrogens is 481 g/mol. The van der Waals surface area contributed by atoms with Crippen LogP contribution >= 0.6 is 0 Å². The molecule has 0 amide bonds. The Morgan fingerprint density at radius 2 is 1.97 bits per heavy atom. The van der Waals surface area contributed by atoms with E-state index in [0.717, 1.165) is 24.4 Å². The fourth-order valence-electron chi connectivity index (χ4n) is 5.82. The lowest BCUT2D eigenvalue weighted by Gasteiger charge is -2.40. The zero-order chi connectivity index (χ0) is 26.7. The average molecular weight is 512 g/mol. The Morgan fingerprint density at radius 1 is 1.31 bits per heavy atom. The largest absolute Gasteiger partial charge is 0.481 e.